The minimum absolute atomic E-state index is 1.00. The van der Waals surface area contributed by atoms with Crippen molar-refractivity contribution in [3.8, 4) is 0 Å². The molecule has 0 amide bonds. The third-order valence-corrected chi connectivity index (χ3v) is 0. The maximum absolute atomic E-state index is 8.19. The summed E-state index contributed by atoms with van der Waals surface area (Å²) in [5, 5.41) is 0. The van der Waals surface area contributed by atoms with Crippen LogP contribution in [0.3, 0.4) is 0 Å². The van der Waals surface area contributed by atoms with Crippen molar-refractivity contribution in [1.29, 1.82) is 0 Å². The first-order chi connectivity index (χ1) is 6.66. The molecule has 0 fully saturated rings. The van der Waals surface area contributed by atoms with Crippen molar-refractivity contribution in [2.24, 2.45) is 0 Å². The molecule has 0 aromatic rings. The molecule has 0 N–H and O–H groups in total. The van der Waals surface area contributed by atoms with Crippen LogP contribution < -0.4 is 0 Å². The second kappa shape index (κ2) is 107. The number of hydrogen-bond donors (Lipinski definition) is 0. The summed E-state index contributed by atoms with van der Waals surface area (Å²) in [4.78, 5) is 0. The Hall–Kier alpha value is 0.384. The molecule has 0 aromatic heterocycles. The van der Waals surface area contributed by atoms with Gasteiger partial charge in [0, 0.05) is 0 Å². The third kappa shape index (κ3) is 10900. The average Bonchev–Trinajstić information content (AvgIpc) is 2.12. The monoisotopic (exact) mass is 239 g/mol. The molecule has 2 heteroatoms. The van der Waals surface area contributed by atoms with Crippen LogP contribution in [0.25, 0.3) is 0 Å². The molecular formula is C12H28OV-4. The molecule has 0 bridgehead atoms. The van der Waals surface area contributed by atoms with E-state index in [2.05, 4.69) is 27.7 Å². The van der Waals surface area contributed by atoms with E-state index >= 15 is 0 Å². The van der Waals surface area contributed by atoms with E-state index in [1.807, 2.05) is 27.7 Å². The summed E-state index contributed by atoms with van der Waals surface area (Å²) in [7, 11) is 0. The molecule has 0 heterocycles. The third-order valence-electron chi connectivity index (χ3n) is 0. The van der Waals surface area contributed by atoms with Crippen LogP contribution >= 0.6 is 0 Å². The van der Waals surface area contributed by atoms with Gasteiger partial charge in [0.25, 0.3) is 0 Å². The van der Waals surface area contributed by atoms with Crippen LogP contribution in [0.1, 0.15) is 53.4 Å². The summed E-state index contributed by atoms with van der Waals surface area (Å²) in [5.41, 5.74) is 0. The van der Waals surface area contributed by atoms with Gasteiger partial charge in [-0.15, -0.1) is 0 Å². The molecule has 0 atom stereocenters. The van der Waals surface area contributed by atoms with E-state index in [0.717, 1.165) is 43.1 Å². The SMILES string of the molecule is [CH2-]CC.[CH2-]CC.[CH2-]CC.[CH2-]CC.[O]=[V]. The van der Waals surface area contributed by atoms with E-state index < -0.39 is 0 Å². The Morgan fingerprint density at radius 2 is 0.643 bits per heavy atom. The molecule has 0 unspecified atom stereocenters. The summed E-state index contributed by atoms with van der Waals surface area (Å²) in [6.07, 6.45) is 4.00. The fraction of sp³-hybridized carbons (Fsp3) is 0.667. The number of hydrogen-bond acceptors (Lipinski definition) is 1. The van der Waals surface area contributed by atoms with E-state index in [-0.39, 0.29) is 0 Å². The molecule has 0 saturated heterocycles. The summed E-state index contributed by atoms with van der Waals surface area (Å²) < 4.78 is 8.19. The second-order valence-electron chi connectivity index (χ2n) is 2.00. The molecule has 0 rings (SSSR count). The quantitative estimate of drug-likeness (QED) is 0.555. The van der Waals surface area contributed by atoms with Gasteiger partial charge >= 0.3 is 21.0 Å². The first-order valence-corrected chi connectivity index (χ1v) is 5.58. The van der Waals surface area contributed by atoms with Crippen LogP contribution in [-0.2, 0) is 21.0 Å². The predicted molar refractivity (Wildman–Crippen MR) is 63.3 cm³/mol. The van der Waals surface area contributed by atoms with E-state index in [9.17, 15) is 0 Å². The summed E-state index contributed by atoms with van der Waals surface area (Å²) >= 11 is 1.06. The molecule has 0 aliphatic heterocycles. The zero-order valence-electron chi connectivity index (χ0n) is 10.5. The Balaban J connectivity index is -0.0000000243. The van der Waals surface area contributed by atoms with Crippen molar-refractivity contribution in [1.82, 2.24) is 0 Å². The fourth-order valence-electron chi connectivity index (χ4n) is 0. The fourth-order valence-corrected chi connectivity index (χ4v) is 0. The van der Waals surface area contributed by atoms with Crippen molar-refractivity contribution in [3.63, 3.8) is 0 Å². The van der Waals surface area contributed by atoms with Gasteiger partial charge in [-0.2, -0.15) is 25.7 Å². The summed E-state index contributed by atoms with van der Waals surface area (Å²) in [5.74, 6) is 0. The van der Waals surface area contributed by atoms with Crippen LogP contribution in [0.4, 0.5) is 0 Å². The molecule has 0 radical (unpaired) electrons. The first kappa shape index (κ1) is 29.3. The van der Waals surface area contributed by atoms with Gasteiger partial charge in [-0.1, -0.05) is 27.7 Å². The van der Waals surface area contributed by atoms with Gasteiger partial charge in [0.2, 0.25) is 0 Å². The Labute approximate surface area is 102 Å². The van der Waals surface area contributed by atoms with Gasteiger partial charge in [0.05, 0.1) is 0 Å². The van der Waals surface area contributed by atoms with Crippen LogP contribution in [0.15, 0.2) is 0 Å². The normalized spacial score (nSPS) is 5.36. The second-order valence-corrected chi connectivity index (χ2v) is 2.00. The van der Waals surface area contributed by atoms with Crippen LogP contribution in [0.5, 0.6) is 0 Å². The summed E-state index contributed by atoms with van der Waals surface area (Å²) in [6.45, 7) is 22.0. The Morgan fingerprint density at radius 1 is 0.643 bits per heavy atom. The zero-order chi connectivity index (χ0) is 12.8. The predicted octanol–water partition coefficient (Wildman–Crippen LogP) is 4.80. The molecule has 0 aliphatic rings. The topological polar surface area (TPSA) is 17.1 Å². The van der Waals surface area contributed by atoms with Crippen molar-refractivity contribution in [2.75, 3.05) is 0 Å². The summed E-state index contributed by atoms with van der Waals surface area (Å²) in [6, 6.07) is 0. The van der Waals surface area contributed by atoms with Crippen LogP contribution in [0, 0.1) is 27.7 Å². The minimum atomic E-state index is 1.00. The molecule has 0 aliphatic carbocycles. The van der Waals surface area contributed by atoms with Gasteiger partial charge in [-0.05, 0) is 0 Å². The molecule has 0 spiro atoms. The molecular weight excluding hydrogens is 211 g/mol. The van der Waals surface area contributed by atoms with E-state index in [1.165, 1.54) is 0 Å². The van der Waals surface area contributed by atoms with Crippen molar-refractivity contribution >= 4 is 0 Å². The number of rotatable bonds is 0. The van der Waals surface area contributed by atoms with E-state index in [1.54, 1.807) is 0 Å². The molecule has 0 saturated carbocycles. The van der Waals surface area contributed by atoms with Gasteiger partial charge in [0.15, 0.2) is 0 Å². The Bertz CT molecular complexity index is 25.5. The average molecular weight is 239 g/mol. The molecule has 1 nitrogen and oxygen atoms in total. The zero-order valence-corrected chi connectivity index (χ0v) is 11.9. The Kier molecular flexibility index (Phi) is 223. The molecule has 91 valence electrons. The van der Waals surface area contributed by atoms with E-state index in [4.69, 9.17) is 3.67 Å². The van der Waals surface area contributed by atoms with Gasteiger partial charge < -0.3 is 27.7 Å². The van der Waals surface area contributed by atoms with E-state index in [0.29, 0.717) is 0 Å². The van der Waals surface area contributed by atoms with Crippen molar-refractivity contribution < 1.29 is 21.0 Å². The maximum atomic E-state index is 8.19. The Morgan fingerprint density at radius 3 is 0.643 bits per heavy atom. The van der Waals surface area contributed by atoms with Crippen molar-refractivity contribution in [3.05, 3.63) is 27.7 Å². The van der Waals surface area contributed by atoms with Crippen LogP contribution in [0.2, 0.25) is 0 Å². The van der Waals surface area contributed by atoms with Crippen molar-refractivity contribution in [2.45, 2.75) is 53.4 Å². The van der Waals surface area contributed by atoms with Gasteiger partial charge in [-0.3, -0.25) is 0 Å². The molecule has 14 heavy (non-hydrogen) atoms. The van der Waals surface area contributed by atoms with Gasteiger partial charge in [-0.25, -0.2) is 0 Å². The standard InChI is InChI=1S/4C3H7.O.V/c4*1-3-2;;/h4*1,3H2,2H3;;/q4*-1;;. The van der Waals surface area contributed by atoms with Gasteiger partial charge in [0.1, 0.15) is 0 Å². The van der Waals surface area contributed by atoms with Crippen LogP contribution in [-0.4, -0.2) is 0 Å². The first-order valence-electron chi connectivity index (χ1n) is 5.01. The molecule has 0 aromatic carbocycles.